The van der Waals surface area contributed by atoms with Gasteiger partial charge in [-0.25, -0.2) is 4.79 Å². The van der Waals surface area contributed by atoms with Gasteiger partial charge in [0.2, 0.25) is 0 Å². The number of nitrogens with zero attached hydrogens (tertiary/aromatic N) is 1. The molecule has 0 aromatic carbocycles. The first kappa shape index (κ1) is 14.6. The normalized spacial score (nSPS) is 19.1. The molecule has 1 aliphatic rings. The van der Waals surface area contributed by atoms with E-state index in [1.165, 1.54) is 0 Å². The maximum atomic E-state index is 13.2. The Balaban J connectivity index is 2.63. The fraction of sp³-hybridized carbons (Fsp3) is 0.800. The summed E-state index contributed by atoms with van der Waals surface area (Å²) < 4.78 is 31.4. The number of likely N-dealkylation sites (tertiary alicyclic amines) is 1. The highest BCUT2D eigenvalue weighted by molar-refractivity contribution is 5.84. The molecule has 6 nitrogen and oxygen atoms in total. The molecule has 0 spiro atoms. The Hall–Kier alpha value is -1.44. The zero-order valence-corrected chi connectivity index (χ0v) is 10.4. The van der Waals surface area contributed by atoms with Crippen molar-refractivity contribution >= 4 is 12.0 Å². The maximum absolute atomic E-state index is 13.2. The van der Waals surface area contributed by atoms with Gasteiger partial charge in [0.25, 0.3) is 5.91 Å². The van der Waals surface area contributed by atoms with Crippen LogP contribution in [-0.4, -0.2) is 52.2 Å². The van der Waals surface area contributed by atoms with Crippen LogP contribution in [0.4, 0.5) is 13.6 Å². The summed E-state index contributed by atoms with van der Waals surface area (Å²) in [6.45, 7) is 3.47. The van der Waals surface area contributed by atoms with Gasteiger partial charge in [-0.3, -0.25) is 4.79 Å². The number of β-amino-alcohol motifs (C(OH)–C–C–N with tert-alkyl or cyclic N) is 1. The number of amides is 2. The highest BCUT2D eigenvalue weighted by atomic mass is 19.3. The predicted octanol–water partition coefficient (Wildman–Crippen LogP) is 0.0888. The molecule has 1 aliphatic heterocycles. The lowest BCUT2D eigenvalue weighted by Gasteiger charge is -2.48. The number of ether oxygens (including phenoxy) is 1. The fourth-order valence-corrected chi connectivity index (χ4v) is 1.47. The van der Waals surface area contributed by atoms with Crippen LogP contribution in [0.2, 0.25) is 0 Å². The van der Waals surface area contributed by atoms with Gasteiger partial charge in [-0.15, -0.1) is 0 Å². The van der Waals surface area contributed by atoms with Crippen molar-refractivity contribution in [3.05, 3.63) is 0 Å². The summed E-state index contributed by atoms with van der Waals surface area (Å²) in [4.78, 5) is 22.9. The number of rotatable bonds is 2. The standard InChI is InChI=1S/C10H16F2N2O4/c1-8(2,3)18-7(16)14-4-9(17,5-14)10(11,12)6(13)15/h17H,4-5H2,1-3H3,(H2,13,15). The van der Waals surface area contributed by atoms with Crippen LogP contribution in [0.1, 0.15) is 20.8 Å². The van der Waals surface area contributed by atoms with Crippen molar-refractivity contribution in [2.45, 2.75) is 37.9 Å². The molecule has 2 amide bonds. The van der Waals surface area contributed by atoms with E-state index in [0.717, 1.165) is 4.90 Å². The Morgan fingerprint density at radius 2 is 1.78 bits per heavy atom. The van der Waals surface area contributed by atoms with Gasteiger partial charge in [-0.2, -0.15) is 8.78 Å². The summed E-state index contributed by atoms with van der Waals surface area (Å²) in [6, 6.07) is 0. The van der Waals surface area contributed by atoms with E-state index < -0.39 is 42.2 Å². The van der Waals surface area contributed by atoms with Gasteiger partial charge in [-0.1, -0.05) is 0 Å². The first-order valence-electron chi connectivity index (χ1n) is 5.27. The van der Waals surface area contributed by atoms with Crippen LogP contribution in [0.3, 0.4) is 0 Å². The van der Waals surface area contributed by atoms with E-state index in [1.54, 1.807) is 20.8 Å². The number of halogens is 2. The summed E-state index contributed by atoms with van der Waals surface area (Å²) in [5.41, 5.74) is 1.12. The number of primary amides is 1. The number of aliphatic hydroxyl groups is 1. The van der Waals surface area contributed by atoms with Crippen LogP contribution in [0.25, 0.3) is 0 Å². The van der Waals surface area contributed by atoms with E-state index in [-0.39, 0.29) is 0 Å². The van der Waals surface area contributed by atoms with E-state index in [0.29, 0.717) is 0 Å². The Bertz CT molecular complexity index is 373. The number of alkyl halides is 2. The van der Waals surface area contributed by atoms with Gasteiger partial charge in [0.05, 0.1) is 13.1 Å². The molecule has 18 heavy (non-hydrogen) atoms. The fourth-order valence-electron chi connectivity index (χ4n) is 1.47. The average molecular weight is 266 g/mol. The Labute approximate surface area is 103 Å². The highest BCUT2D eigenvalue weighted by Gasteiger charge is 2.64. The zero-order valence-electron chi connectivity index (χ0n) is 10.4. The van der Waals surface area contributed by atoms with Crippen LogP contribution in [-0.2, 0) is 9.53 Å². The number of carbonyl (C=O) groups is 2. The van der Waals surface area contributed by atoms with Crippen molar-refractivity contribution < 1.29 is 28.2 Å². The lowest BCUT2D eigenvalue weighted by Crippen LogP contribution is -2.74. The average Bonchev–Trinajstić information content (AvgIpc) is 2.09. The first-order valence-corrected chi connectivity index (χ1v) is 5.27. The molecule has 1 rings (SSSR count). The summed E-state index contributed by atoms with van der Waals surface area (Å²) in [5, 5.41) is 9.53. The van der Waals surface area contributed by atoms with Crippen molar-refractivity contribution in [1.82, 2.24) is 4.90 Å². The molecule has 104 valence electrons. The minimum absolute atomic E-state index is 0.697. The third-order valence-corrected chi connectivity index (χ3v) is 2.45. The summed E-state index contributed by atoms with van der Waals surface area (Å²) in [7, 11) is 0. The Morgan fingerprint density at radius 3 is 2.11 bits per heavy atom. The van der Waals surface area contributed by atoms with Crippen LogP contribution in [0.15, 0.2) is 0 Å². The van der Waals surface area contributed by atoms with Gasteiger partial charge in [-0.05, 0) is 20.8 Å². The van der Waals surface area contributed by atoms with Gasteiger partial charge in [0, 0.05) is 0 Å². The zero-order chi connectivity index (χ0) is 14.4. The van der Waals surface area contributed by atoms with Crippen LogP contribution in [0.5, 0.6) is 0 Å². The minimum Gasteiger partial charge on any atom is -0.444 e. The first-order chi connectivity index (χ1) is 7.89. The molecule has 3 N–H and O–H groups in total. The van der Waals surface area contributed by atoms with E-state index in [4.69, 9.17) is 4.74 Å². The second-order valence-corrected chi connectivity index (χ2v) is 5.31. The molecule has 0 aliphatic carbocycles. The number of nitrogens with two attached hydrogens (primary N) is 1. The molecule has 0 aromatic rings. The molecule has 1 saturated heterocycles. The largest absolute Gasteiger partial charge is 0.444 e. The summed E-state index contributed by atoms with van der Waals surface area (Å²) in [5.74, 6) is -6.00. The van der Waals surface area contributed by atoms with Crippen molar-refractivity contribution in [2.75, 3.05) is 13.1 Å². The molecule has 1 fully saturated rings. The Kier molecular flexibility index (Phi) is 3.28. The van der Waals surface area contributed by atoms with E-state index in [9.17, 15) is 23.5 Å². The number of carbonyl (C=O) groups excluding carboxylic acids is 2. The highest BCUT2D eigenvalue weighted by Crippen LogP contribution is 2.37. The number of hydrogen-bond donors (Lipinski definition) is 2. The lowest BCUT2D eigenvalue weighted by atomic mass is 9.87. The SMILES string of the molecule is CC(C)(C)OC(=O)N1CC(O)(C(F)(F)C(N)=O)C1. The Morgan fingerprint density at radius 1 is 1.33 bits per heavy atom. The van der Waals surface area contributed by atoms with Gasteiger partial charge in [0.1, 0.15) is 5.60 Å². The predicted molar refractivity (Wildman–Crippen MR) is 56.9 cm³/mol. The molecule has 8 heteroatoms. The molecule has 0 unspecified atom stereocenters. The molecule has 0 aromatic heterocycles. The molecule has 0 bridgehead atoms. The molecule has 0 radical (unpaired) electrons. The molecule has 1 heterocycles. The number of hydrogen-bond acceptors (Lipinski definition) is 4. The summed E-state index contributed by atoms with van der Waals surface area (Å²) in [6.07, 6.45) is -0.826. The molecular weight excluding hydrogens is 250 g/mol. The van der Waals surface area contributed by atoms with E-state index >= 15 is 0 Å². The molecule has 0 atom stereocenters. The minimum atomic E-state index is -4.08. The third-order valence-electron chi connectivity index (χ3n) is 2.45. The maximum Gasteiger partial charge on any atom is 0.410 e. The lowest BCUT2D eigenvalue weighted by molar-refractivity contribution is -0.228. The van der Waals surface area contributed by atoms with Crippen LogP contribution in [0, 0.1) is 0 Å². The molecular formula is C10H16F2N2O4. The summed E-state index contributed by atoms with van der Waals surface area (Å²) >= 11 is 0. The van der Waals surface area contributed by atoms with E-state index in [2.05, 4.69) is 5.73 Å². The second-order valence-electron chi connectivity index (χ2n) is 5.31. The van der Waals surface area contributed by atoms with Crippen molar-refractivity contribution in [3.8, 4) is 0 Å². The monoisotopic (exact) mass is 266 g/mol. The van der Waals surface area contributed by atoms with Crippen molar-refractivity contribution in [3.63, 3.8) is 0 Å². The van der Waals surface area contributed by atoms with Gasteiger partial charge < -0.3 is 20.5 Å². The van der Waals surface area contributed by atoms with Gasteiger partial charge in [0.15, 0.2) is 5.60 Å². The van der Waals surface area contributed by atoms with Crippen molar-refractivity contribution in [2.24, 2.45) is 5.73 Å². The topological polar surface area (TPSA) is 92.9 Å². The quantitative estimate of drug-likeness (QED) is 0.740. The molecule has 0 saturated carbocycles. The smallest absolute Gasteiger partial charge is 0.410 e. The van der Waals surface area contributed by atoms with Crippen LogP contribution < -0.4 is 5.73 Å². The van der Waals surface area contributed by atoms with Crippen LogP contribution >= 0.6 is 0 Å². The van der Waals surface area contributed by atoms with Gasteiger partial charge >= 0.3 is 12.0 Å². The third kappa shape index (κ3) is 2.53. The second kappa shape index (κ2) is 4.04. The van der Waals surface area contributed by atoms with Crippen molar-refractivity contribution in [1.29, 1.82) is 0 Å². The van der Waals surface area contributed by atoms with E-state index in [1.807, 2.05) is 0 Å².